The second-order valence-electron chi connectivity index (χ2n) is 8.42. The molecule has 0 fully saturated rings. The Morgan fingerprint density at radius 2 is 1.61 bits per heavy atom. The lowest BCUT2D eigenvalue weighted by Gasteiger charge is -2.14. The van der Waals surface area contributed by atoms with E-state index < -0.39 is 10.1 Å². The Morgan fingerprint density at radius 1 is 1.09 bits per heavy atom. The fourth-order valence-corrected chi connectivity index (χ4v) is 5.84. The number of allylic oxidation sites excluding steroid dienone is 1. The fraction of sp³-hybridized carbons (Fsp3) is 0.185. The van der Waals surface area contributed by atoms with E-state index >= 15 is 0 Å². The number of ether oxygens (including phenoxy) is 2. The molecule has 0 bridgehead atoms. The zero-order chi connectivity index (χ0) is 33.9. The number of benzene rings is 1. The van der Waals surface area contributed by atoms with Crippen LogP contribution in [0.25, 0.3) is 5.52 Å². The van der Waals surface area contributed by atoms with Crippen molar-refractivity contribution in [2.75, 3.05) is 20.1 Å². The molecule has 4 rings (SSSR count). The van der Waals surface area contributed by atoms with Gasteiger partial charge in [0.2, 0.25) is 18.1 Å². The highest BCUT2D eigenvalue weighted by Crippen LogP contribution is 2.36. The summed E-state index contributed by atoms with van der Waals surface area (Å²) in [6.07, 6.45) is 6.34. The summed E-state index contributed by atoms with van der Waals surface area (Å²) in [5.41, 5.74) is 3.11. The highest BCUT2D eigenvalue weighted by molar-refractivity contribution is 9.11. The summed E-state index contributed by atoms with van der Waals surface area (Å²) in [6, 6.07) is 7.03. The second-order valence-corrected chi connectivity index (χ2v) is 12.6. The molecule has 0 aliphatic carbocycles. The minimum atomic E-state index is -4.33. The lowest BCUT2D eigenvalue weighted by atomic mass is 10.1. The van der Waals surface area contributed by atoms with E-state index in [1.54, 1.807) is 55.2 Å². The highest BCUT2D eigenvalue weighted by Gasteiger charge is 2.15. The molecule has 4 aromatic rings. The van der Waals surface area contributed by atoms with Gasteiger partial charge in [0, 0.05) is 0 Å². The van der Waals surface area contributed by atoms with Gasteiger partial charge in [0.1, 0.15) is 41.8 Å². The van der Waals surface area contributed by atoms with E-state index in [9.17, 15) is 13.0 Å². The molecule has 0 unspecified atom stereocenters. The first-order valence-electron chi connectivity index (χ1n) is 11.7. The summed E-state index contributed by atoms with van der Waals surface area (Å²) < 4.78 is 46.7. The van der Waals surface area contributed by atoms with Crippen LogP contribution in [0.4, 0.5) is 0 Å². The summed E-state index contributed by atoms with van der Waals surface area (Å²) in [7, 11) is -1.27. The SMILES string of the molecule is C=C(Cl)C#N.COc1c[n+](N)cc(Br)c1Cl.COc1cn2ncc(C#N)c2c(Br)c1Cl.Cc1cc(C)c(S(=O)(=O)[O-])c(C)c1. The van der Waals surface area contributed by atoms with Crippen LogP contribution in [0.2, 0.25) is 10.0 Å². The first kappa shape index (κ1) is 38.9. The summed E-state index contributed by atoms with van der Waals surface area (Å²) in [5.74, 6) is 6.50. The van der Waals surface area contributed by atoms with Gasteiger partial charge in [-0.3, -0.25) is 0 Å². The molecular formula is C27H25Br2Cl3N6O5S. The summed E-state index contributed by atoms with van der Waals surface area (Å²) >= 11 is 23.3. The average Bonchev–Trinajstić information content (AvgIpc) is 3.35. The molecular weight excluding hydrogens is 787 g/mol. The summed E-state index contributed by atoms with van der Waals surface area (Å²) in [6.45, 7) is 8.20. The quantitative estimate of drug-likeness (QED) is 0.105. The third-order valence-corrected chi connectivity index (χ3v) is 8.97. The molecule has 44 heavy (non-hydrogen) atoms. The Labute approximate surface area is 286 Å². The van der Waals surface area contributed by atoms with Crippen molar-refractivity contribution in [1.29, 1.82) is 10.5 Å². The summed E-state index contributed by atoms with van der Waals surface area (Å²) in [5, 5.41) is 21.5. The van der Waals surface area contributed by atoms with E-state index in [4.69, 9.17) is 60.6 Å². The maximum absolute atomic E-state index is 10.8. The number of nitrogens with zero attached hydrogens (tertiary/aromatic N) is 5. The number of methoxy groups -OCH3 is 2. The Morgan fingerprint density at radius 3 is 2.05 bits per heavy atom. The Hall–Kier alpha value is -3.08. The fourth-order valence-electron chi connectivity index (χ4n) is 3.52. The van der Waals surface area contributed by atoms with Gasteiger partial charge in [-0.05, 0) is 63.8 Å². The van der Waals surface area contributed by atoms with Gasteiger partial charge in [0.25, 0.3) is 0 Å². The zero-order valence-electron chi connectivity index (χ0n) is 23.8. The van der Waals surface area contributed by atoms with E-state index in [-0.39, 0.29) is 9.93 Å². The van der Waals surface area contributed by atoms with Crippen LogP contribution in [0, 0.1) is 43.4 Å². The third-order valence-electron chi connectivity index (χ3n) is 5.14. The van der Waals surface area contributed by atoms with Crippen LogP contribution in [0.15, 0.2) is 62.4 Å². The number of halogens is 5. The second kappa shape index (κ2) is 17.4. The molecule has 3 aromatic heterocycles. The van der Waals surface area contributed by atoms with Gasteiger partial charge in [0.15, 0.2) is 5.75 Å². The minimum absolute atomic E-state index is 0.0324. The van der Waals surface area contributed by atoms with Crippen molar-refractivity contribution >= 4 is 82.3 Å². The number of hydrogen-bond acceptors (Lipinski definition) is 9. The normalized spacial score (nSPS) is 10.0. The molecule has 0 saturated carbocycles. The number of nitrogens with two attached hydrogens (primary N) is 1. The molecule has 0 saturated heterocycles. The van der Waals surface area contributed by atoms with E-state index in [0.29, 0.717) is 52.7 Å². The van der Waals surface area contributed by atoms with E-state index in [1.165, 1.54) is 25.1 Å². The van der Waals surface area contributed by atoms with Crippen molar-refractivity contribution < 1.29 is 27.1 Å². The standard InChI is InChI=1S/C9H5BrClN3O.C9H12O3S.C6H7BrClN2O.C3H2ClN/c1-15-6-4-14-9(7(10)8(6)11)5(2-12)3-13-14;1-6-4-7(2)9(8(3)5-6)13(10,11)12;1-11-5-3-10(9)2-4(7)6(5)8;1-3(4)2-5/h3-4H,1H3;4-5H,1-3H3,(H,10,11,12);2-3H,9H2,1H3;1H2/q;;+1;/p-1. The Balaban J connectivity index is 0.000000310. The van der Waals surface area contributed by atoms with Gasteiger partial charge in [0.05, 0.1) is 47.1 Å². The molecule has 17 heteroatoms. The van der Waals surface area contributed by atoms with Gasteiger partial charge >= 0.3 is 0 Å². The van der Waals surface area contributed by atoms with E-state index in [0.717, 1.165) is 5.56 Å². The van der Waals surface area contributed by atoms with Crippen LogP contribution in [0.5, 0.6) is 11.5 Å². The van der Waals surface area contributed by atoms with Crippen molar-refractivity contribution in [3.05, 3.63) is 89.8 Å². The molecule has 0 aliphatic heterocycles. The number of rotatable bonds is 3. The van der Waals surface area contributed by atoms with Gasteiger partial charge in [-0.15, -0.1) is 0 Å². The molecule has 2 N–H and O–H groups in total. The van der Waals surface area contributed by atoms with E-state index in [2.05, 4.69) is 43.5 Å². The number of pyridine rings is 2. The number of hydrogen-bond donors (Lipinski definition) is 1. The Bertz CT molecular complexity index is 1850. The monoisotopic (exact) mass is 808 g/mol. The van der Waals surface area contributed by atoms with Crippen molar-refractivity contribution in [1.82, 2.24) is 9.61 Å². The van der Waals surface area contributed by atoms with Gasteiger partial charge in [-0.2, -0.15) is 15.6 Å². The maximum atomic E-state index is 10.8. The topological polar surface area (TPSA) is 170 Å². The van der Waals surface area contributed by atoms with Crippen LogP contribution in [-0.4, -0.2) is 36.8 Å². The molecule has 0 spiro atoms. The lowest BCUT2D eigenvalue weighted by Crippen LogP contribution is -2.43. The number of fused-ring (bicyclic) bond motifs is 1. The molecule has 234 valence electrons. The molecule has 0 aliphatic rings. The maximum Gasteiger partial charge on any atom is 0.242 e. The molecule has 0 radical (unpaired) electrons. The third kappa shape index (κ3) is 10.8. The average molecular weight is 812 g/mol. The van der Waals surface area contributed by atoms with Crippen LogP contribution in [0.1, 0.15) is 22.3 Å². The first-order chi connectivity index (χ1) is 20.4. The predicted molar refractivity (Wildman–Crippen MR) is 174 cm³/mol. The largest absolute Gasteiger partial charge is 0.744 e. The first-order valence-corrected chi connectivity index (χ1v) is 15.8. The van der Waals surface area contributed by atoms with Gasteiger partial charge in [-0.1, -0.05) is 63.8 Å². The number of nitriles is 2. The molecule has 11 nitrogen and oxygen atoms in total. The van der Waals surface area contributed by atoms with Crippen molar-refractivity contribution in [3.8, 4) is 23.6 Å². The van der Waals surface area contributed by atoms with Gasteiger partial charge in [-0.25, -0.2) is 18.8 Å². The van der Waals surface area contributed by atoms with Crippen LogP contribution in [0.3, 0.4) is 0 Å². The number of aromatic nitrogens is 3. The van der Waals surface area contributed by atoms with Crippen LogP contribution < -0.4 is 20.0 Å². The van der Waals surface area contributed by atoms with Crippen molar-refractivity contribution in [2.45, 2.75) is 25.7 Å². The molecule has 1 aromatic carbocycles. The number of aryl methyl sites for hydroxylation is 3. The molecule has 0 atom stereocenters. The Kier molecular flexibility index (Phi) is 15.4. The van der Waals surface area contributed by atoms with Gasteiger partial charge < -0.3 is 14.0 Å². The van der Waals surface area contributed by atoms with Crippen LogP contribution in [-0.2, 0) is 10.1 Å². The van der Waals surface area contributed by atoms with Crippen LogP contribution >= 0.6 is 66.7 Å². The minimum Gasteiger partial charge on any atom is -0.744 e. The lowest BCUT2D eigenvalue weighted by molar-refractivity contribution is -0.639. The number of nitrogen functional groups attached to an aromatic ring is 1. The molecule has 0 amide bonds. The van der Waals surface area contributed by atoms with E-state index in [1.807, 2.05) is 13.0 Å². The summed E-state index contributed by atoms with van der Waals surface area (Å²) in [4.78, 5) is -0.0851. The zero-order valence-corrected chi connectivity index (χ0v) is 30.1. The smallest absolute Gasteiger partial charge is 0.242 e. The molecule has 3 heterocycles. The van der Waals surface area contributed by atoms with Crippen molar-refractivity contribution in [2.24, 2.45) is 0 Å². The predicted octanol–water partition coefficient (Wildman–Crippen LogP) is 6.52. The van der Waals surface area contributed by atoms with Crippen molar-refractivity contribution in [3.63, 3.8) is 0 Å². The highest BCUT2D eigenvalue weighted by atomic mass is 79.9.